The van der Waals surface area contributed by atoms with Crippen molar-refractivity contribution in [3.63, 3.8) is 0 Å². The lowest BCUT2D eigenvalue weighted by Crippen LogP contribution is -2.24. The lowest BCUT2D eigenvalue weighted by atomic mass is 9.84. The molecule has 0 saturated carbocycles. The summed E-state index contributed by atoms with van der Waals surface area (Å²) < 4.78 is 5.02. The highest BCUT2D eigenvalue weighted by molar-refractivity contribution is 6.01. The summed E-state index contributed by atoms with van der Waals surface area (Å²) in [6.07, 6.45) is 0.516. The van der Waals surface area contributed by atoms with Gasteiger partial charge < -0.3 is 4.74 Å². The van der Waals surface area contributed by atoms with E-state index in [1.165, 1.54) is 0 Å². The molecule has 1 saturated heterocycles. The Balaban J connectivity index is 2.19. The standard InChI is InChI=1S/C15H16O3/c1-10(2)8-12-13(9-18-15(12)17)14(16)11-6-4-3-5-7-11/h3-7,12-13H,1,8-9H2,2H3. The maximum Gasteiger partial charge on any atom is 0.310 e. The largest absolute Gasteiger partial charge is 0.465 e. The molecule has 94 valence electrons. The van der Waals surface area contributed by atoms with Gasteiger partial charge in [0.25, 0.3) is 0 Å². The Hall–Kier alpha value is -1.90. The van der Waals surface area contributed by atoms with Gasteiger partial charge in [0, 0.05) is 5.56 Å². The van der Waals surface area contributed by atoms with Crippen LogP contribution in [-0.4, -0.2) is 18.4 Å². The van der Waals surface area contributed by atoms with Gasteiger partial charge >= 0.3 is 5.97 Å². The fraction of sp³-hybridized carbons (Fsp3) is 0.333. The molecule has 0 aliphatic carbocycles. The van der Waals surface area contributed by atoms with Crippen LogP contribution in [0.5, 0.6) is 0 Å². The minimum absolute atomic E-state index is 0.0206. The van der Waals surface area contributed by atoms with Gasteiger partial charge in [0.05, 0.1) is 11.8 Å². The van der Waals surface area contributed by atoms with Gasteiger partial charge in [0.15, 0.2) is 5.78 Å². The number of cyclic esters (lactones) is 1. The van der Waals surface area contributed by atoms with Crippen molar-refractivity contribution in [3.8, 4) is 0 Å². The second kappa shape index (κ2) is 5.17. The number of ether oxygens (including phenoxy) is 1. The van der Waals surface area contributed by atoms with Crippen LogP contribution in [0.4, 0.5) is 0 Å². The molecule has 0 bridgehead atoms. The van der Waals surface area contributed by atoms with Crippen molar-refractivity contribution < 1.29 is 14.3 Å². The number of Topliss-reactive ketones (excluding diaryl/α,β-unsaturated/α-hetero) is 1. The summed E-state index contributed by atoms with van der Waals surface area (Å²) in [5, 5.41) is 0. The number of hydrogen-bond acceptors (Lipinski definition) is 3. The van der Waals surface area contributed by atoms with Crippen molar-refractivity contribution >= 4 is 11.8 Å². The first kappa shape index (κ1) is 12.6. The number of esters is 1. The molecule has 1 aromatic carbocycles. The smallest absolute Gasteiger partial charge is 0.310 e. The van der Waals surface area contributed by atoms with Crippen LogP contribution in [0.15, 0.2) is 42.5 Å². The van der Waals surface area contributed by atoms with E-state index in [1.807, 2.05) is 25.1 Å². The number of benzene rings is 1. The molecular formula is C15H16O3. The molecule has 0 aromatic heterocycles. The first-order valence-electron chi connectivity index (χ1n) is 6.00. The Labute approximate surface area is 106 Å². The number of allylic oxidation sites excluding steroid dienone is 1. The molecule has 3 heteroatoms. The Kier molecular flexibility index (Phi) is 3.60. The van der Waals surface area contributed by atoms with Crippen molar-refractivity contribution in [2.45, 2.75) is 13.3 Å². The Morgan fingerprint density at radius 2 is 2.06 bits per heavy atom. The topological polar surface area (TPSA) is 43.4 Å². The van der Waals surface area contributed by atoms with E-state index in [4.69, 9.17) is 4.74 Å². The molecule has 0 N–H and O–H groups in total. The van der Waals surface area contributed by atoms with Crippen LogP contribution >= 0.6 is 0 Å². The average Bonchev–Trinajstić information content (AvgIpc) is 2.71. The molecule has 1 aromatic rings. The van der Waals surface area contributed by atoms with Crippen LogP contribution in [0.25, 0.3) is 0 Å². The highest BCUT2D eigenvalue weighted by atomic mass is 16.5. The zero-order valence-electron chi connectivity index (χ0n) is 10.4. The number of hydrogen-bond donors (Lipinski definition) is 0. The summed E-state index contributed by atoms with van der Waals surface area (Å²) >= 11 is 0. The van der Waals surface area contributed by atoms with E-state index in [1.54, 1.807) is 12.1 Å². The highest BCUT2D eigenvalue weighted by Gasteiger charge is 2.41. The third-order valence-corrected chi connectivity index (χ3v) is 3.16. The molecule has 2 rings (SSSR count). The van der Waals surface area contributed by atoms with E-state index in [0.29, 0.717) is 12.0 Å². The summed E-state index contributed by atoms with van der Waals surface area (Å²) in [5.74, 6) is -1.06. The summed E-state index contributed by atoms with van der Waals surface area (Å²) in [4.78, 5) is 24.0. The quantitative estimate of drug-likeness (QED) is 0.464. The first-order chi connectivity index (χ1) is 8.59. The molecule has 2 unspecified atom stereocenters. The van der Waals surface area contributed by atoms with Gasteiger partial charge in [-0.15, -0.1) is 6.58 Å². The Morgan fingerprint density at radius 3 is 2.67 bits per heavy atom. The third kappa shape index (κ3) is 2.50. The molecule has 0 spiro atoms. The zero-order chi connectivity index (χ0) is 13.1. The van der Waals surface area contributed by atoms with E-state index in [-0.39, 0.29) is 30.2 Å². The van der Waals surface area contributed by atoms with E-state index in [2.05, 4.69) is 6.58 Å². The van der Waals surface area contributed by atoms with E-state index in [0.717, 1.165) is 5.57 Å². The zero-order valence-corrected chi connectivity index (χ0v) is 10.4. The van der Waals surface area contributed by atoms with Gasteiger partial charge in [-0.25, -0.2) is 0 Å². The fourth-order valence-electron chi connectivity index (χ4n) is 2.24. The predicted octanol–water partition coefficient (Wildman–Crippen LogP) is 2.62. The molecular weight excluding hydrogens is 228 g/mol. The monoisotopic (exact) mass is 244 g/mol. The molecule has 0 radical (unpaired) electrons. The summed E-state index contributed by atoms with van der Waals surface area (Å²) in [6.45, 7) is 5.84. The van der Waals surface area contributed by atoms with Crippen molar-refractivity contribution in [1.82, 2.24) is 0 Å². The summed E-state index contributed by atoms with van der Waals surface area (Å²) in [5.41, 5.74) is 1.53. The fourth-order valence-corrected chi connectivity index (χ4v) is 2.24. The minimum Gasteiger partial charge on any atom is -0.465 e. The van der Waals surface area contributed by atoms with Crippen molar-refractivity contribution in [2.75, 3.05) is 6.61 Å². The van der Waals surface area contributed by atoms with Crippen LogP contribution in [0, 0.1) is 11.8 Å². The van der Waals surface area contributed by atoms with Gasteiger partial charge in [0.2, 0.25) is 0 Å². The maximum absolute atomic E-state index is 12.3. The Bertz CT molecular complexity index is 476. The number of carbonyl (C=O) groups excluding carboxylic acids is 2. The van der Waals surface area contributed by atoms with Crippen molar-refractivity contribution in [3.05, 3.63) is 48.0 Å². The third-order valence-electron chi connectivity index (χ3n) is 3.16. The second-order valence-electron chi connectivity index (χ2n) is 4.73. The van der Waals surface area contributed by atoms with Gasteiger partial charge in [-0.05, 0) is 13.3 Å². The average molecular weight is 244 g/mol. The summed E-state index contributed by atoms with van der Waals surface area (Å²) in [7, 11) is 0. The molecule has 18 heavy (non-hydrogen) atoms. The minimum atomic E-state index is -0.379. The molecule has 3 nitrogen and oxygen atoms in total. The molecule has 1 aliphatic heterocycles. The molecule has 1 heterocycles. The molecule has 1 aliphatic rings. The maximum atomic E-state index is 12.3. The van der Waals surface area contributed by atoms with Gasteiger partial charge in [-0.3, -0.25) is 9.59 Å². The van der Waals surface area contributed by atoms with E-state index >= 15 is 0 Å². The van der Waals surface area contributed by atoms with Crippen molar-refractivity contribution in [1.29, 1.82) is 0 Å². The van der Waals surface area contributed by atoms with Crippen LogP contribution in [0.2, 0.25) is 0 Å². The van der Waals surface area contributed by atoms with E-state index < -0.39 is 0 Å². The SMILES string of the molecule is C=C(C)CC1C(=O)OCC1C(=O)c1ccccc1. The van der Waals surface area contributed by atoms with Crippen LogP contribution in [0.3, 0.4) is 0 Å². The predicted molar refractivity (Wildman–Crippen MR) is 68.1 cm³/mol. The Morgan fingerprint density at radius 1 is 1.39 bits per heavy atom. The van der Waals surface area contributed by atoms with Crippen LogP contribution < -0.4 is 0 Å². The van der Waals surface area contributed by atoms with Gasteiger partial charge in [-0.1, -0.05) is 35.9 Å². The highest BCUT2D eigenvalue weighted by Crippen LogP contribution is 2.30. The molecule has 2 atom stereocenters. The number of ketones is 1. The lowest BCUT2D eigenvalue weighted by molar-refractivity contribution is -0.141. The van der Waals surface area contributed by atoms with Gasteiger partial charge in [-0.2, -0.15) is 0 Å². The lowest BCUT2D eigenvalue weighted by Gasteiger charge is -2.13. The van der Waals surface area contributed by atoms with E-state index in [9.17, 15) is 9.59 Å². The van der Waals surface area contributed by atoms with Crippen LogP contribution in [-0.2, 0) is 9.53 Å². The molecule has 0 amide bonds. The summed E-state index contributed by atoms with van der Waals surface area (Å²) in [6, 6.07) is 9.03. The van der Waals surface area contributed by atoms with Crippen molar-refractivity contribution in [2.24, 2.45) is 11.8 Å². The second-order valence-corrected chi connectivity index (χ2v) is 4.73. The normalized spacial score (nSPS) is 22.6. The first-order valence-corrected chi connectivity index (χ1v) is 6.00. The van der Waals surface area contributed by atoms with Gasteiger partial charge in [0.1, 0.15) is 6.61 Å². The van der Waals surface area contributed by atoms with Crippen LogP contribution in [0.1, 0.15) is 23.7 Å². The molecule has 1 fully saturated rings. The number of rotatable bonds is 4. The number of carbonyl (C=O) groups is 2.